The summed E-state index contributed by atoms with van der Waals surface area (Å²) in [5, 5.41) is 5.08. The number of amides is 1. The topological polar surface area (TPSA) is 62.3 Å². The Kier molecular flexibility index (Phi) is 8.80. The van der Waals surface area contributed by atoms with Crippen molar-refractivity contribution in [3.63, 3.8) is 0 Å². The normalized spacial score (nSPS) is 11.3. The monoisotopic (exact) mass is 559 g/mol. The third-order valence-corrected chi connectivity index (χ3v) is 6.95. The number of aromatic nitrogens is 1. The molecular formula is C27H21F4N3O2S2. The summed E-state index contributed by atoms with van der Waals surface area (Å²) in [6.45, 7) is 0.579. The first-order valence-electron chi connectivity index (χ1n) is 11.4. The van der Waals surface area contributed by atoms with Crippen LogP contribution in [-0.4, -0.2) is 29.2 Å². The van der Waals surface area contributed by atoms with Crippen LogP contribution in [-0.2, 0) is 11.3 Å². The van der Waals surface area contributed by atoms with E-state index >= 15 is 0 Å². The van der Waals surface area contributed by atoms with E-state index in [-0.39, 0.29) is 41.3 Å². The molecule has 0 aliphatic carbocycles. The minimum atomic E-state index is -4.39. The molecule has 0 aliphatic rings. The Bertz CT molecular complexity index is 1370. The predicted octanol–water partition coefficient (Wildman–Crippen LogP) is 7.22. The number of thiazole rings is 1. The van der Waals surface area contributed by atoms with Gasteiger partial charge in [0.15, 0.2) is 5.13 Å². The minimum absolute atomic E-state index is 0.0669. The zero-order chi connectivity index (χ0) is 27.1. The number of rotatable bonds is 10. The van der Waals surface area contributed by atoms with E-state index in [0.717, 1.165) is 17.4 Å². The van der Waals surface area contributed by atoms with Crippen LogP contribution in [0.1, 0.15) is 22.3 Å². The molecule has 0 saturated carbocycles. The van der Waals surface area contributed by atoms with Gasteiger partial charge in [-0.3, -0.25) is 4.79 Å². The summed E-state index contributed by atoms with van der Waals surface area (Å²) in [6, 6.07) is 18.8. The van der Waals surface area contributed by atoms with Crippen LogP contribution in [0, 0.1) is 5.82 Å². The minimum Gasteiger partial charge on any atom is -0.352 e. The second-order valence-corrected chi connectivity index (χ2v) is 10.0. The Morgan fingerprint density at radius 1 is 1.00 bits per heavy atom. The number of hydrogen-bond donors (Lipinski definition) is 1. The second-order valence-electron chi connectivity index (χ2n) is 8.06. The number of nitrogens with zero attached hydrogens (tertiary/aromatic N) is 2. The van der Waals surface area contributed by atoms with Gasteiger partial charge in [0.25, 0.3) is 5.91 Å². The smallest absolute Gasteiger partial charge is 0.352 e. The molecule has 0 radical (unpaired) electrons. The van der Waals surface area contributed by atoms with E-state index in [0.29, 0.717) is 28.6 Å². The van der Waals surface area contributed by atoms with Crippen LogP contribution in [0.5, 0.6) is 0 Å². The van der Waals surface area contributed by atoms with Gasteiger partial charge in [0.05, 0.1) is 12.2 Å². The van der Waals surface area contributed by atoms with Crippen molar-refractivity contribution in [1.82, 2.24) is 10.3 Å². The van der Waals surface area contributed by atoms with Gasteiger partial charge >= 0.3 is 5.51 Å². The molecule has 1 heterocycles. The van der Waals surface area contributed by atoms with Gasteiger partial charge in [-0.05, 0) is 78.0 Å². The van der Waals surface area contributed by atoms with Crippen molar-refractivity contribution in [2.75, 3.05) is 11.4 Å². The largest absolute Gasteiger partial charge is 0.446 e. The predicted molar refractivity (Wildman–Crippen MR) is 141 cm³/mol. The van der Waals surface area contributed by atoms with E-state index in [9.17, 15) is 27.2 Å². The number of anilines is 2. The van der Waals surface area contributed by atoms with Gasteiger partial charge in [-0.15, -0.1) is 11.3 Å². The highest BCUT2D eigenvalue weighted by atomic mass is 32.2. The lowest BCUT2D eigenvalue weighted by Gasteiger charge is -2.23. The first-order chi connectivity index (χ1) is 18.2. The average Bonchev–Trinajstić information content (AvgIpc) is 3.38. The molecule has 0 fully saturated rings. The van der Waals surface area contributed by atoms with Crippen LogP contribution in [0.25, 0.3) is 11.3 Å². The average molecular weight is 560 g/mol. The zero-order valence-electron chi connectivity index (χ0n) is 19.7. The maximum absolute atomic E-state index is 13.4. The second kappa shape index (κ2) is 12.2. The Labute approximate surface area is 224 Å². The lowest BCUT2D eigenvalue weighted by atomic mass is 10.1. The van der Waals surface area contributed by atoms with Gasteiger partial charge < -0.3 is 15.0 Å². The van der Waals surface area contributed by atoms with Gasteiger partial charge in [-0.1, -0.05) is 12.1 Å². The molecule has 0 atom stereocenters. The summed E-state index contributed by atoms with van der Waals surface area (Å²) in [5.41, 5.74) is -1.11. The molecule has 1 aromatic heterocycles. The Morgan fingerprint density at radius 3 is 2.32 bits per heavy atom. The van der Waals surface area contributed by atoms with Gasteiger partial charge in [-0.2, -0.15) is 13.2 Å². The van der Waals surface area contributed by atoms with Gasteiger partial charge in [0, 0.05) is 40.1 Å². The SMILES string of the molecule is O=CCCNC(=O)c1ccc(CN(c2ccc(SC(F)(F)F)cc2)c2nc(-c3ccc(F)cc3)cs2)cc1. The number of nitrogens with one attached hydrogen (secondary N) is 1. The van der Waals surface area contributed by atoms with Crippen molar-refractivity contribution >= 4 is 46.1 Å². The fraction of sp³-hybridized carbons (Fsp3) is 0.148. The summed E-state index contributed by atoms with van der Waals surface area (Å²) < 4.78 is 51.7. The molecule has 5 nitrogen and oxygen atoms in total. The molecular weight excluding hydrogens is 538 g/mol. The molecule has 0 spiro atoms. The molecule has 3 aromatic carbocycles. The van der Waals surface area contributed by atoms with E-state index < -0.39 is 5.51 Å². The quantitative estimate of drug-likeness (QED) is 0.0962. The van der Waals surface area contributed by atoms with Crippen molar-refractivity contribution in [2.24, 2.45) is 0 Å². The van der Waals surface area contributed by atoms with E-state index in [1.807, 2.05) is 10.3 Å². The molecule has 1 amide bonds. The Morgan fingerprint density at radius 2 is 1.68 bits per heavy atom. The highest BCUT2D eigenvalue weighted by Gasteiger charge is 2.29. The van der Waals surface area contributed by atoms with Crippen LogP contribution in [0.15, 0.2) is 83.1 Å². The van der Waals surface area contributed by atoms with Crippen molar-refractivity contribution in [3.05, 3.63) is 95.1 Å². The number of thioether (sulfide) groups is 1. The molecule has 0 unspecified atom stereocenters. The van der Waals surface area contributed by atoms with E-state index in [4.69, 9.17) is 4.98 Å². The molecule has 0 aliphatic heterocycles. The molecule has 196 valence electrons. The zero-order valence-corrected chi connectivity index (χ0v) is 21.4. The summed E-state index contributed by atoms with van der Waals surface area (Å²) in [4.78, 5) is 29.3. The first kappa shape index (κ1) is 27.3. The highest BCUT2D eigenvalue weighted by Crippen LogP contribution is 2.39. The number of carbonyl (C=O) groups is 2. The lowest BCUT2D eigenvalue weighted by Crippen LogP contribution is -2.24. The van der Waals surface area contributed by atoms with Gasteiger partial charge in [0.2, 0.25) is 0 Å². The summed E-state index contributed by atoms with van der Waals surface area (Å²) in [7, 11) is 0. The maximum atomic E-state index is 13.4. The Balaban J connectivity index is 1.60. The van der Waals surface area contributed by atoms with Crippen LogP contribution < -0.4 is 10.2 Å². The number of carbonyl (C=O) groups excluding carboxylic acids is 2. The maximum Gasteiger partial charge on any atom is 0.446 e. The lowest BCUT2D eigenvalue weighted by molar-refractivity contribution is -0.107. The number of alkyl halides is 3. The van der Waals surface area contributed by atoms with Gasteiger partial charge in [0.1, 0.15) is 12.1 Å². The summed E-state index contributed by atoms with van der Waals surface area (Å²) >= 11 is 1.16. The van der Waals surface area contributed by atoms with Gasteiger partial charge in [-0.25, -0.2) is 9.37 Å². The van der Waals surface area contributed by atoms with Crippen molar-refractivity contribution in [2.45, 2.75) is 23.4 Å². The van der Waals surface area contributed by atoms with Crippen molar-refractivity contribution in [3.8, 4) is 11.3 Å². The molecule has 1 N–H and O–H groups in total. The molecule has 4 rings (SSSR count). The third-order valence-electron chi connectivity index (χ3n) is 5.35. The highest BCUT2D eigenvalue weighted by molar-refractivity contribution is 8.00. The molecule has 0 saturated heterocycles. The van der Waals surface area contributed by atoms with E-state index in [1.54, 1.807) is 48.5 Å². The van der Waals surface area contributed by atoms with E-state index in [1.165, 1.54) is 35.6 Å². The van der Waals surface area contributed by atoms with Crippen LogP contribution >= 0.6 is 23.1 Å². The fourth-order valence-corrected chi connectivity index (χ4v) is 4.92. The summed E-state index contributed by atoms with van der Waals surface area (Å²) in [6.07, 6.45) is 0.958. The number of benzene rings is 3. The Hall–Kier alpha value is -3.70. The summed E-state index contributed by atoms with van der Waals surface area (Å²) in [5.74, 6) is -0.652. The van der Waals surface area contributed by atoms with Crippen LogP contribution in [0.4, 0.5) is 28.4 Å². The molecule has 4 aromatic rings. The van der Waals surface area contributed by atoms with E-state index in [2.05, 4.69) is 5.32 Å². The third kappa shape index (κ3) is 7.42. The standard InChI is InChI=1S/C27H21F4N3O2S2/c28-21-8-6-19(7-9-21)24-17-37-26(33-24)34(22-10-12-23(13-11-22)38-27(29,30)31)16-18-2-4-20(5-3-18)25(36)32-14-1-15-35/h2-13,15,17H,1,14,16H2,(H,32,36). The molecule has 0 bridgehead atoms. The molecule has 11 heteroatoms. The number of halogens is 4. The number of hydrogen-bond acceptors (Lipinski definition) is 6. The molecule has 38 heavy (non-hydrogen) atoms. The number of aldehydes is 1. The van der Waals surface area contributed by atoms with Crippen molar-refractivity contribution < 1.29 is 27.2 Å². The first-order valence-corrected chi connectivity index (χ1v) is 13.1. The fourth-order valence-electron chi connectivity index (χ4n) is 3.53. The van der Waals surface area contributed by atoms with Crippen molar-refractivity contribution in [1.29, 1.82) is 0 Å². The van der Waals surface area contributed by atoms with Crippen LogP contribution in [0.3, 0.4) is 0 Å². The van der Waals surface area contributed by atoms with Crippen LogP contribution in [0.2, 0.25) is 0 Å².